The van der Waals surface area contributed by atoms with Crippen molar-refractivity contribution in [3.8, 4) is 0 Å². The SMILES string of the molecule is CCC(CCCC(C)C(=O)O)C(=O)NC(CO)(CO)CO.CCC(CCCC(C)C(=O)O)C(=O)O.CCC(N)(CO)CO. The van der Waals surface area contributed by atoms with Gasteiger partial charge in [-0.2, -0.15) is 0 Å². The summed E-state index contributed by atoms with van der Waals surface area (Å²) in [6.45, 7) is 6.78. The fourth-order valence-corrected chi connectivity index (χ4v) is 3.52. The minimum atomic E-state index is -1.42. The Morgan fingerprint density at radius 1 is 0.628 bits per heavy atom. The van der Waals surface area contributed by atoms with Crippen LogP contribution in [0, 0.1) is 23.7 Å². The molecule has 0 saturated heterocycles. The third-order valence-corrected chi connectivity index (χ3v) is 7.56. The van der Waals surface area contributed by atoms with E-state index in [2.05, 4.69) is 5.32 Å². The van der Waals surface area contributed by atoms with Gasteiger partial charge in [-0.3, -0.25) is 19.2 Å². The highest BCUT2D eigenvalue weighted by Gasteiger charge is 2.32. The molecule has 0 aliphatic carbocycles. The maximum absolute atomic E-state index is 12.1. The van der Waals surface area contributed by atoms with E-state index in [1.54, 1.807) is 13.8 Å². The molecule has 4 atom stereocenters. The molecule has 0 aliphatic rings. The molecule has 0 aromatic rings. The highest BCUT2D eigenvalue weighted by Crippen LogP contribution is 2.18. The number of aliphatic hydroxyl groups excluding tert-OH is 5. The predicted molar refractivity (Wildman–Crippen MR) is 160 cm³/mol. The van der Waals surface area contributed by atoms with Gasteiger partial charge in [-0.15, -0.1) is 0 Å². The number of nitrogens with one attached hydrogen (secondary N) is 1. The molecule has 0 spiro atoms. The monoisotopic (exact) mass is 626 g/mol. The highest BCUT2D eigenvalue weighted by atomic mass is 16.4. The Labute approximate surface area is 255 Å². The molecule has 14 nitrogen and oxygen atoms in total. The maximum Gasteiger partial charge on any atom is 0.306 e. The number of carbonyl (C=O) groups excluding carboxylic acids is 1. The second kappa shape index (κ2) is 25.0. The number of hydrogen-bond donors (Lipinski definition) is 10. The van der Waals surface area contributed by atoms with Crippen LogP contribution in [0.1, 0.15) is 92.4 Å². The van der Waals surface area contributed by atoms with E-state index in [4.69, 9.17) is 31.3 Å². The number of rotatable bonds is 21. The number of carbonyl (C=O) groups is 4. The molecule has 0 aromatic heterocycles. The average Bonchev–Trinajstić information content (AvgIpc) is 2.99. The summed E-state index contributed by atoms with van der Waals surface area (Å²) in [7, 11) is 0. The fourth-order valence-electron chi connectivity index (χ4n) is 3.52. The van der Waals surface area contributed by atoms with Crippen LogP contribution in [-0.2, 0) is 19.2 Å². The van der Waals surface area contributed by atoms with E-state index >= 15 is 0 Å². The Balaban J connectivity index is -0.000000623. The van der Waals surface area contributed by atoms with E-state index in [-0.39, 0.29) is 36.9 Å². The molecule has 0 radical (unpaired) electrons. The third kappa shape index (κ3) is 20.3. The van der Waals surface area contributed by atoms with Crippen molar-refractivity contribution in [2.24, 2.45) is 29.4 Å². The van der Waals surface area contributed by atoms with Crippen molar-refractivity contribution in [1.82, 2.24) is 5.32 Å². The van der Waals surface area contributed by atoms with Crippen LogP contribution in [0.25, 0.3) is 0 Å². The molecule has 0 aromatic carbocycles. The van der Waals surface area contributed by atoms with E-state index in [0.717, 1.165) is 0 Å². The zero-order chi connectivity index (χ0) is 34.2. The van der Waals surface area contributed by atoms with E-state index in [0.29, 0.717) is 57.8 Å². The van der Waals surface area contributed by atoms with Gasteiger partial charge in [0.1, 0.15) is 5.54 Å². The van der Waals surface area contributed by atoms with Crippen LogP contribution >= 0.6 is 0 Å². The van der Waals surface area contributed by atoms with E-state index in [1.807, 2.05) is 20.8 Å². The molecule has 0 aliphatic heterocycles. The Hall–Kier alpha value is -2.36. The fraction of sp³-hybridized carbons (Fsp3) is 0.862. The van der Waals surface area contributed by atoms with Crippen molar-refractivity contribution in [1.29, 1.82) is 0 Å². The smallest absolute Gasteiger partial charge is 0.306 e. The number of carboxylic acid groups (broad SMARTS) is 3. The van der Waals surface area contributed by atoms with Crippen molar-refractivity contribution in [3.63, 3.8) is 0 Å². The largest absolute Gasteiger partial charge is 0.481 e. The molecule has 43 heavy (non-hydrogen) atoms. The number of aliphatic hydroxyl groups is 5. The lowest BCUT2D eigenvalue weighted by Crippen LogP contribution is -2.58. The molecule has 0 saturated carbocycles. The van der Waals surface area contributed by atoms with E-state index < -0.39 is 54.7 Å². The number of amides is 1. The van der Waals surface area contributed by atoms with E-state index in [9.17, 15) is 34.5 Å². The molecule has 1 amide bonds. The topological polar surface area (TPSA) is 268 Å². The summed E-state index contributed by atoms with van der Waals surface area (Å²) in [5, 5.41) is 73.2. The molecular formula is C29H58N2O12. The summed E-state index contributed by atoms with van der Waals surface area (Å²) in [5.74, 6) is -4.28. The maximum atomic E-state index is 12.1. The van der Waals surface area contributed by atoms with Crippen molar-refractivity contribution in [3.05, 3.63) is 0 Å². The van der Waals surface area contributed by atoms with Crippen LogP contribution in [0.3, 0.4) is 0 Å². The number of hydrogen-bond acceptors (Lipinski definition) is 10. The molecule has 0 bridgehead atoms. The predicted octanol–water partition coefficient (Wildman–Crippen LogP) is 0.802. The molecule has 0 fully saturated rings. The van der Waals surface area contributed by atoms with Crippen LogP contribution in [-0.4, -0.2) is 109 Å². The van der Waals surface area contributed by atoms with Crippen LogP contribution in [0.5, 0.6) is 0 Å². The average molecular weight is 627 g/mol. The normalized spacial score (nSPS) is 14.1. The minimum Gasteiger partial charge on any atom is -0.481 e. The highest BCUT2D eigenvalue weighted by molar-refractivity contribution is 5.79. The van der Waals surface area contributed by atoms with Gasteiger partial charge in [0.05, 0.1) is 56.3 Å². The van der Waals surface area contributed by atoms with Crippen molar-refractivity contribution in [2.75, 3.05) is 33.0 Å². The van der Waals surface area contributed by atoms with Crippen molar-refractivity contribution >= 4 is 23.8 Å². The van der Waals surface area contributed by atoms with Gasteiger partial charge in [0.15, 0.2) is 0 Å². The van der Waals surface area contributed by atoms with Gasteiger partial charge >= 0.3 is 17.9 Å². The first-order chi connectivity index (χ1) is 20.0. The third-order valence-electron chi connectivity index (χ3n) is 7.56. The Kier molecular flexibility index (Phi) is 26.2. The van der Waals surface area contributed by atoms with Gasteiger partial charge in [0.2, 0.25) is 5.91 Å². The lowest BCUT2D eigenvalue weighted by atomic mass is 9.93. The molecule has 11 N–H and O–H groups in total. The van der Waals surface area contributed by atoms with Gasteiger partial charge in [-0.25, -0.2) is 0 Å². The first-order valence-corrected chi connectivity index (χ1v) is 14.9. The standard InChI is InChI=1S/C14H27NO6.C10H18O4.C5H13NO2/c1-3-11(6-4-5-10(2)13(20)21)12(19)15-14(7-16,8-17)9-18;1-3-8(10(13)14)6-4-5-7(2)9(11)12;1-2-5(6,3-7)4-8/h10-11,16-18H,3-9H2,1-2H3,(H,15,19)(H,20,21);7-8H,3-6H2,1-2H3,(H,11,12)(H,13,14);7-8H,2-4,6H2,1H3. The van der Waals surface area contributed by atoms with Crippen LogP contribution in [0.15, 0.2) is 0 Å². The van der Waals surface area contributed by atoms with Crippen LogP contribution in [0.2, 0.25) is 0 Å². The summed E-state index contributed by atoms with van der Waals surface area (Å²) in [5.41, 5.74) is 3.21. The van der Waals surface area contributed by atoms with Crippen LogP contribution < -0.4 is 11.1 Å². The zero-order valence-electron chi connectivity index (χ0n) is 26.5. The molecule has 0 rings (SSSR count). The first kappa shape index (κ1) is 45.1. The van der Waals surface area contributed by atoms with Crippen molar-refractivity contribution < 1.29 is 60.0 Å². The Bertz CT molecular complexity index is 756. The summed E-state index contributed by atoms with van der Waals surface area (Å²) in [6, 6.07) is 0. The number of carboxylic acids is 3. The molecule has 256 valence electrons. The van der Waals surface area contributed by atoms with Gasteiger partial charge in [0, 0.05) is 5.92 Å². The molecule has 0 heterocycles. The lowest BCUT2D eigenvalue weighted by molar-refractivity contribution is -0.143. The van der Waals surface area contributed by atoms with Gasteiger partial charge in [-0.05, 0) is 44.9 Å². The van der Waals surface area contributed by atoms with Gasteiger partial charge in [0.25, 0.3) is 0 Å². The number of aliphatic carboxylic acids is 3. The second-order valence-corrected chi connectivity index (χ2v) is 11.2. The summed E-state index contributed by atoms with van der Waals surface area (Å²) >= 11 is 0. The Morgan fingerprint density at radius 3 is 1.23 bits per heavy atom. The van der Waals surface area contributed by atoms with Crippen LogP contribution in [0.4, 0.5) is 0 Å². The summed E-state index contributed by atoms with van der Waals surface area (Å²) in [6.07, 6.45) is 5.18. The molecular weight excluding hydrogens is 568 g/mol. The second-order valence-electron chi connectivity index (χ2n) is 11.2. The number of nitrogens with two attached hydrogens (primary N) is 1. The lowest BCUT2D eigenvalue weighted by Gasteiger charge is -2.30. The molecule has 4 unspecified atom stereocenters. The minimum absolute atomic E-state index is 0.153. The van der Waals surface area contributed by atoms with Gasteiger partial charge < -0.3 is 51.9 Å². The Morgan fingerprint density at radius 2 is 1.00 bits per heavy atom. The summed E-state index contributed by atoms with van der Waals surface area (Å²) in [4.78, 5) is 43.9. The zero-order valence-corrected chi connectivity index (χ0v) is 26.5. The quantitative estimate of drug-likeness (QED) is 0.0845. The van der Waals surface area contributed by atoms with Crippen molar-refractivity contribution in [2.45, 2.75) is 103 Å². The van der Waals surface area contributed by atoms with Gasteiger partial charge in [-0.1, -0.05) is 47.5 Å². The van der Waals surface area contributed by atoms with E-state index in [1.165, 1.54) is 0 Å². The molecule has 14 heteroatoms. The summed E-state index contributed by atoms with van der Waals surface area (Å²) < 4.78 is 0. The first-order valence-electron chi connectivity index (χ1n) is 14.9.